The van der Waals surface area contributed by atoms with Gasteiger partial charge in [-0.15, -0.1) is 0 Å². The van der Waals surface area contributed by atoms with Crippen molar-refractivity contribution in [2.75, 3.05) is 26.8 Å². The maximum Gasteiger partial charge on any atom is 0.323 e. The Kier molecular flexibility index (Phi) is 7.40. The van der Waals surface area contributed by atoms with E-state index < -0.39 is 0 Å². The third-order valence-electron chi connectivity index (χ3n) is 6.26. The molecule has 174 valence electrons. The molecule has 2 unspecified atom stereocenters. The van der Waals surface area contributed by atoms with Crippen LogP contribution in [0.2, 0.25) is 0 Å². The van der Waals surface area contributed by atoms with E-state index in [0.717, 1.165) is 35.4 Å². The molecule has 1 fully saturated rings. The average molecular weight is 450 g/mol. The van der Waals surface area contributed by atoms with Crippen molar-refractivity contribution in [3.05, 3.63) is 65.7 Å². The molecule has 0 spiro atoms. The number of nitrogens with zero attached hydrogens (tertiary/aromatic N) is 3. The Labute approximate surface area is 195 Å². The van der Waals surface area contributed by atoms with E-state index >= 15 is 0 Å². The molecule has 0 radical (unpaired) electrons. The van der Waals surface area contributed by atoms with Gasteiger partial charge in [0.15, 0.2) is 0 Å². The second-order valence-corrected chi connectivity index (χ2v) is 8.38. The minimum atomic E-state index is -0.373. The van der Waals surface area contributed by atoms with Crippen LogP contribution < -0.4 is 4.74 Å². The van der Waals surface area contributed by atoms with Gasteiger partial charge < -0.3 is 9.47 Å². The van der Waals surface area contributed by atoms with Crippen molar-refractivity contribution in [2.24, 2.45) is 5.10 Å². The molecule has 7 heteroatoms. The van der Waals surface area contributed by atoms with Gasteiger partial charge in [0.25, 0.3) is 5.91 Å². The standard InChI is InChI=1S/C26H31N3O4/c1-3-33-26(31)23-14-7-8-15-28(23)18-25(30)29-24(19-10-5-4-6-11-19)17-22(27-29)20-12-9-13-21(16-20)32-2/h4-6,9-13,16,23-24H,3,7-8,14-15,17-18H2,1-2H3. The van der Waals surface area contributed by atoms with Crippen molar-refractivity contribution < 1.29 is 19.1 Å². The fourth-order valence-corrected chi connectivity index (χ4v) is 4.58. The summed E-state index contributed by atoms with van der Waals surface area (Å²) in [4.78, 5) is 27.9. The summed E-state index contributed by atoms with van der Waals surface area (Å²) in [6.07, 6.45) is 3.25. The number of ether oxygens (including phenoxy) is 2. The van der Waals surface area contributed by atoms with Crippen LogP contribution in [0.15, 0.2) is 59.7 Å². The van der Waals surface area contributed by atoms with Gasteiger partial charge in [-0.3, -0.25) is 14.5 Å². The predicted molar refractivity (Wildman–Crippen MR) is 126 cm³/mol. The van der Waals surface area contributed by atoms with Crippen molar-refractivity contribution in [1.82, 2.24) is 9.91 Å². The molecule has 2 aromatic rings. The summed E-state index contributed by atoms with van der Waals surface area (Å²) in [6.45, 7) is 2.99. The maximum absolute atomic E-state index is 13.5. The molecular formula is C26H31N3O4. The molecule has 33 heavy (non-hydrogen) atoms. The molecule has 2 atom stereocenters. The quantitative estimate of drug-likeness (QED) is 0.602. The summed E-state index contributed by atoms with van der Waals surface area (Å²) in [5, 5.41) is 6.36. The third kappa shape index (κ3) is 5.25. The molecule has 0 saturated carbocycles. The number of methoxy groups -OCH3 is 1. The van der Waals surface area contributed by atoms with Gasteiger partial charge in [-0.25, -0.2) is 5.01 Å². The molecule has 0 aliphatic carbocycles. The second kappa shape index (κ2) is 10.6. The Morgan fingerprint density at radius 3 is 2.67 bits per heavy atom. The fraction of sp³-hybridized carbons (Fsp3) is 0.423. The minimum Gasteiger partial charge on any atom is -0.497 e. The molecule has 1 amide bonds. The number of carbonyl (C=O) groups excluding carboxylic acids is 2. The first-order valence-electron chi connectivity index (χ1n) is 11.6. The highest BCUT2D eigenvalue weighted by Gasteiger charge is 2.37. The lowest BCUT2D eigenvalue weighted by atomic mass is 9.98. The van der Waals surface area contributed by atoms with Gasteiger partial charge in [-0.05, 0) is 44.0 Å². The molecule has 2 aromatic carbocycles. The van der Waals surface area contributed by atoms with Crippen molar-refractivity contribution in [2.45, 2.75) is 44.7 Å². The van der Waals surface area contributed by atoms with E-state index in [1.54, 1.807) is 19.0 Å². The van der Waals surface area contributed by atoms with Gasteiger partial charge in [0, 0.05) is 12.0 Å². The number of hydrogen-bond acceptors (Lipinski definition) is 6. The van der Waals surface area contributed by atoms with Crippen LogP contribution in [-0.4, -0.2) is 60.3 Å². The topological polar surface area (TPSA) is 71.4 Å². The number of likely N-dealkylation sites (tertiary alicyclic amines) is 1. The maximum atomic E-state index is 13.5. The summed E-state index contributed by atoms with van der Waals surface area (Å²) >= 11 is 0. The number of piperidine rings is 1. The second-order valence-electron chi connectivity index (χ2n) is 8.38. The van der Waals surface area contributed by atoms with Crippen LogP contribution in [0.5, 0.6) is 5.75 Å². The van der Waals surface area contributed by atoms with Gasteiger partial charge in [0.2, 0.25) is 0 Å². The zero-order chi connectivity index (χ0) is 23.2. The van der Waals surface area contributed by atoms with Gasteiger partial charge in [0.05, 0.1) is 32.0 Å². The van der Waals surface area contributed by atoms with E-state index in [1.165, 1.54) is 0 Å². The molecule has 2 aliphatic heterocycles. The van der Waals surface area contributed by atoms with E-state index in [1.807, 2.05) is 59.5 Å². The molecule has 0 N–H and O–H groups in total. The zero-order valence-corrected chi connectivity index (χ0v) is 19.3. The first kappa shape index (κ1) is 23.0. The van der Waals surface area contributed by atoms with Crippen LogP contribution in [0.3, 0.4) is 0 Å². The Morgan fingerprint density at radius 2 is 1.91 bits per heavy atom. The van der Waals surface area contributed by atoms with Gasteiger partial charge >= 0.3 is 5.97 Å². The molecule has 2 heterocycles. The van der Waals surface area contributed by atoms with E-state index in [2.05, 4.69) is 0 Å². The van der Waals surface area contributed by atoms with Crippen molar-refractivity contribution >= 4 is 17.6 Å². The Hall–Kier alpha value is -3.19. The van der Waals surface area contributed by atoms with Crippen molar-refractivity contribution in [3.63, 3.8) is 0 Å². The first-order chi connectivity index (χ1) is 16.1. The van der Waals surface area contributed by atoms with Crippen LogP contribution in [-0.2, 0) is 14.3 Å². The summed E-state index contributed by atoms with van der Waals surface area (Å²) in [5.41, 5.74) is 2.82. The highest BCUT2D eigenvalue weighted by Crippen LogP contribution is 2.33. The van der Waals surface area contributed by atoms with Crippen LogP contribution in [0.25, 0.3) is 0 Å². The largest absolute Gasteiger partial charge is 0.497 e. The molecule has 0 bridgehead atoms. The number of rotatable bonds is 7. The lowest BCUT2D eigenvalue weighted by Crippen LogP contribution is -2.49. The molecule has 7 nitrogen and oxygen atoms in total. The Morgan fingerprint density at radius 1 is 1.09 bits per heavy atom. The molecule has 2 aliphatic rings. The van der Waals surface area contributed by atoms with Crippen LogP contribution in [0.1, 0.15) is 49.8 Å². The van der Waals surface area contributed by atoms with Crippen LogP contribution in [0, 0.1) is 0 Å². The van der Waals surface area contributed by atoms with Crippen LogP contribution >= 0.6 is 0 Å². The van der Waals surface area contributed by atoms with E-state index in [4.69, 9.17) is 14.6 Å². The average Bonchev–Trinajstić information content (AvgIpc) is 3.31. The number of hydrazone groups is 1. The monoisotopic (exact) mass is 449 g/mol. The predicted octanol–water partition coefficient (Wildman–Crippen LogP) is 3.79. The lowest BCUT2D eigenvalue weighted by Gasteiger charge is -2.34. The fourth-order valence-electron chi connectivity index (χ4n) is 4.58. The first-order valence-corrected chi connectivity index (χ1v) is 11.6. The number of hydrogen-bond donors (Lipinski definition) is 0. The highest BCUT2D eigenvalue weighted by molar-refractivity contribution is 6.03. The van der Waals surface area contributed by atoms with Crippen molar-refractivity contribution in [1.29, 1.82) is 0 Å². The zero-order valence-electron chi connectivity index (χ0n) is 19.3. The molecule has 1 saturated heterocycles. The minimum absolute atomic E-state index is 0.113. The third-order valence-corrected chi connectivity index (χ3v) is 6.26. The van der Waals surface area contributed by atoms with E-state index in [9.17, 15) is 9.59 Å². The number of amides is 1. The number of benzene rings is 2. The Bertz CT molecular complexity index is 1010. The normalized spacial score (nSPS) is 20.9. The molecule has 4 rings (SSSR count). The van der Waals surface area contributed by atoms with Gasteiger partial charge in [-0.1, -0.05) is 48.9 Å². The summed E-state index contributed by atoms with van der Waals surface area (Å²) in [6, 6.07) is 17.1. The Balaban J connectivity index is 1.59. The number of esters is 1. The summed E-state index contributed by atoms with van der Waals surface area (Å²) in [7, 11) is 1.64. The van der Waals surface area contributed by atoms with E-state index in [-0.39, 0.29) is 30.5 Å². The summed E-state index contributed by atoms with van der Waals surface area (Å²) in [5.74, 6) is 0.395. The summed E-state index contributed by atoms with van der Waals surface area (Å²) < 4.78 is 10.6. The van der Waals surface area contributed by atoms with Gasteiger partial charge in [-0.2, -0.15) is 5.10 Å². The van der Waals surface area contributed by atoms with Crippen LogP contribution in [0.4, 0.5) is 0 Å². The molecule has 0 aromatic heterocycles. The van der Waals surface area contributed by atoms with E-state index in [0.29, 0.717) is 26.0 Å². The van der Waals surface area contributed by atoms with Crippen molar-refractivity contribution in [3.8, 4) is 5.75 Å². The number of carbonyl (C=O) groups is 2. The SMILES string of the molecule is CCOC(=O)C1CCCCN1CC(=O)N1N=C(c2cccc(OC)c2)CC1c1ccccc1. The molecular weight excluding hydrogens is 418 g/mol. The van der Waals surface area contributed by atoms with Gasteiger partial charge in [0.1, 0.15) is 11.8 Å². The smallest absolute Gasteiger partial charge is 0.323 e. The lowest BCUT2D eigenvalue weighted by molar-refractivity contribution is -0.152. The highest BCUT2D eigenvalue weighted by atomic mass is 16.5.